The highest BCUT2D eigenvalue weighted by Crippen LogP contribution is 2.52. The number of nitrogens with zero attached hydrogens (tertiary/aromatic N) is 2. The topological polar surface area (TPSA) is 94.5 Å². The summed E-state index contributed by atoms with van der Waals surface area (Å²) in [6.07, 6.45) is 0. The molecule has 0 aromatic heterocycles. The van der Waals surface area contributed by atoms with Crippen molar-refractivity contribution in [3.8, 4) is 0 Å². The first-order valence-electron chi connectivity index (χ1n) is 9.84. The Balaban J connectivity index is 2.39. The van der Waals surface area contributed by atoms with Gasteiger partial charge in [0.05, 0.1) is 24.4 Å². The van der Waals surface area contributed by atoms with Gasteiger partial charge in [0.15, 0.2) is 0 Å². The minimum atomic E-state index is -1.86. The van der Waals surface area contributed by atoms with Gasteiger partial charge >= 0.3 is 11.9 Å². The van der Waals surface area contributed by atoms with E-state index in [1.165, 1.54) is 4.90 Å². The second kappa shape index (κ2) is 7.59. The van der Waals surface area contributed by atoms with Crippen LogP contribution in [0.25, 0.3) is 0 Å². The fourth-order valence-corrected chi connectivity index (χ4v) is 3.62. The number of amides is 1. The van der Waals surface area contributed by atoms with Gasteiger partial charge in [0.25, 0.3) is 5.91 Å². The molecule has 2 aliphatic heterocycles. The fourth-order valence-electron chi connectivity index (χ4n) is 3.62. The number of anilines is 1. The Morgan fingerprint density at radius 3 is 2.30 bits per heavy atom. The number of esters is 2. The van der Waals surface area contributed by atoms with Crippen molar-refractivity contribution >= 4 is 29.4 Å². The summed E-state index contributed by atoms with van der Waals surface area (Å²) < 4.78 is 16.6. The summed E-state index contributed by atoms with van der Waals surface area (Å²) in [6.45, 7) is 8.89. The summed E-state index contributed by atoms with van der Waals surface area (Å²) in [7, 11) is 1.59. The van der Waals surface area contributed by atoms with E-state index >= 15 is 0 Å². The van der Waals surface area contributed by atoms with Crippen LogP contribution in [-0.4, -0.2) is 49.5 Å². The maximum atomic E-state index is 13.5. The van der Waals surface area contributed by atoms with E-state index < -0.39 is 29.0 Å². The zero-order chi connectivity index (χ0) is 22.3. The summed E-state index contributed by atoms with van der Waals surface area (Å²) in [5.41, 5.74) is -1.86. The molecule has 160 valence electrons. The maximum Gasteiger partial charge on any atom is 0.344 e. The molecule has 0 aliphatic carbocycles. The van der Waals surface area contributed by atoms with Crippen LogP contribution in [0, 0.1) is 0 Å². The van der Waals surface area contributed by atoms with Gasteiger partial charge in [-0.25, -0.2) is 14.6 Å². The number of benzene rings is 1. The minimum Gasteiger partial charge on any atom is -0.462 e. The molecule has 0 radical (unpaired) electrons. The van der Waals surface area contributed by atoms with Crippen molar-refractivity contribution in [2.75, 3.05) is 25.2 Å². The average Bonchev–Trinajstić information content (AvgIpc) is 3.10. The number of carbonyl (C=O) groups is 3. The second-order valence-electron chi connectivity index (χ2n) is 7.94. The molecule has 0 saturated heterocycles. The summed E-state index contributed by atoms with van der Waals surface area (Å²) in [5, 5.41) is 0. The lowest BCUT2D eigenvalue weighted by atomic mass is 9.86. The summed E-state index contributed by atoms with van der Waals surface area (Å²) in [5.74, 6) is -2.23. The highest BCUT2D eigenvalue weighted by atomic mass is 16.6. The van der Waals surface area contributed by atoms with Gasteiger partial charge in [-0.2, -0.15) is 0 Å². The van der Waals surface area contributed by atoms with Gasteiger partial charge < -0.3 is 19.1 Å². The largest absolute Gasteiger partial charge is 0.462 e. The Labute approximate surface area is 175 Å². The van der Waals surface area contributed by atoms with Crippen molar-refractivity contribution in [2.24, 2.45) is 4.99 Å². The lowest BCUT2D eigenvalue weighted by Crippen LogP contribution is -2.43. The normalized spacial score (nSPS) is 21.9. The molecule has 1 amide bonds. The molecule has 0 saturated carbocycles. The van der Waals surface area contributed by atoms with Gasteiger partial charge in [-0.3, -0.25) is 4.79 Å². The summed E-state index contributed by atoms with van der Waals surface area (Å²) >= 11 is 0. The van der Waals surface area contributed by atoms with Crippen molar-refractivity contribution in [1.29, 1.82) is 0 Å². The van der Waals surface area contributed by atoms with E-state index in [4.69, 9.17) is 14.2 Å². The van der Waals surface area contributed by atoms with Crippen LogP contribution in [0.15, 0.2) is 40.4 Å². The Kier molecular flexibility index (Phi) is 5.45. The number of ether oxygens (including phenoxy) is 3. The molecular weight excluding hydrogens is 388 g/mol. The molecule has 0 bridgehead atoms. The van der Waals surface area contributed by atoms with Gasteiger partial charge in [0.1, 0.15) is 11.1 Å². The third-order valence-electron chi connectivity index (χ3n) is 4.71. The predicted octanol–water partition coefficient (Wildman–Crippen LogP) is 2.51. The molecular formula is C22H26N2O6. The first-order valence-corrected chi connectivity index (χ1v) is 9.84. The van der Waals surface area contributed by atoms with E-state index in [-0.39, 0.29) is 30.3 Å². The molecule has 8 nitrogen and oxygen atoms in total. The SMILES string of the molecule is CCOC(=O)C1=C(C(=O)OCC)C2(OC1=NC(C)(C)C)C(=O)N(C)c1ccccc12. The molecule has 8 heteroatoms. The first-order chi connectivity index (χ1) is 14.1. The molecule has 0 N–H and O–H groups in total. The molecule has 30 heavy (non-hydrogen) atoms. The smallest absolute Gasteiger partial charge is 0.344 e. The maximum absolute atomic E-state index is 13.5. The Hall–Kier alpha value is -3.16. The van der Waals surface area contributed by atoms with Gasteiger partial charge in [-0.05, 0) is 40.7 Å². The number of aliphatic imine (C=N–C) groups is 1. The van der Waals surface area contributed by atoms with E-state index in [2.05, 4.69) is 4.99 Å². The molecule has 1 aromatic carbocycles. The molecule has 1 aromatic rings. The van der Waals surface area contributed by atoms with Gasteiger partial charge in [0, 0.05) is 12.6 Å². The van der Waals surface area contributed by atoms with Crippen molar-refractivity contribution in [1.82, 2.24) is 0 Å². The number of hydrogen-bond acceptors (Lipinski definition) is 7. The standard InChI is InChI=1S/C22H26N2O6/c1-7-28-18(25)15-16(19(26)29-8-2)22(30-17(15)23-21(3,4)5)13-11-9-10-12-14(13)24(6)20(22)27/h9-12H,7-8H2,1-6H3. The number of carbonyl (C=O) groups excluding carboxylic acids is 3. The number of hydrogen-bond donors (Lipinski definition) is 0. The Bertz CT molecular complexity index is 972. The third-order valence-corrected chi connectivity index (χ3v) is 4.71. The molecule has 1 unspecified atom stereocenters. The molecule has 3 rings (SSSR count). The van der Waals surface area contributed by atoms with Crippen LogP contribution in [0.2, 0.25) is 0 Å². The quantitative estimate of drug-likeness (QED) is 0.703. The lowest BCUT2D eigenvalue weighted by Gasteiger charge is -2.25. The number of rotatable bonds is 4. The van der Waals surface area contributed by atoms with Crippen LogP contribution < -0.4 is 4.90 Å². The average molecular weight is 414 g/mol. The van der Waals surface area contributed by atoms with Crippen molar-refractivity contribution < 1.29 is 28.6 Å². The van der Waals surface area contributed by atoms with Crippen LogP contribution in [-0.2, 0) is 34.2 Å². The highest BCUT2D eigenvalue weighted by Gasteiger charge is 2.64. The summed E-state index contributed by atoms with van der Waals surface area (Å²) in [6, 6.07) is 6.96. The molecule has 1 atom stereocenters. The van der Waals surface area contributed by atoms with Crippen LogP contribution in [0.4, 0.5) is 5.69 Å². The van der Waals surface area contributed by atoms with E-state index in [1.54, 1.807) is 45.2 Å². The Morgan fingerprint density at radius 2 is 1.70 bits per heavy atom. The molecule has 2 heterocycles. The zero-order valence-corrected chi connectivity index (χ0v) is 18.1. The van der Waals surface area contributed by atoms with Crippen LogP contribution in [0.3, 0.4) is 0 Å². The van der Waals surface area contributed by atoms with E-state index in [0.717, 1.165) is 0 Å². The third kappa shape index (κ3) is 3.26. The van der Waals surface area contributed by atoms with E-state index in [0.29, 0.717) is 11.3 Å². The van der Waals surface area contributed by atoms with Gasteiger partial charge in [-0.15, -0.1) is 0 Å². The lowest BCUT2D eigenvalue weighted by molar-refractivity contribution is -0.145. The number of para-hydroxylation sites is 1. The predicted molar refractivity (Wildman–Crippen MR) is 110 cm³/mol. The van der Waals surface area contributed by atoms with Crippen LogP contribution in [0.1, 0.15) is 40.2 Å². The Morgan fingerprint density at radius 1 is 1.10 bits per heavy atom. The zero-order valence-electron chi connectivity index (χ0n) is 18.1. The van der Waals surface area contributed by atoms with Crippen molar-refractivity contribution in [3.05, 3.63) is 41.0 Å². The first kappa shape index (κ1) is 21.5. The van der Waals surface area contributed by atoms with Crippen molar-refractivity contribution in [3.63, 3.8) is 0 Å². The fraction of sp³-hybridized carbons (Fsp3) is 0.455. The molecule has 1 spiro atoms. The monoisotopic (exact) mass is 414 g/mol. The second-order valence-corrected chi connectivity index (χ2v) is 7.94. The van der Waals surface area contributed by atoms with Crippen LogP contribution in [0.5, 0.6) is 0 Å². The number of fused-ring (bicyclic) bond motifs is 2. The minimum absolute atomic E-state index is 0.0615. The van der Waals surface area contributed by atoms with Gasteiger partial charge in [-0.1, -0.05) is 18.2 Å². The molecule has 2 aliphatic rings. The highest BCUT2D eigenvalue weighted by molar-refractivity contribution is 6.28. The summed E-state index contributed by atoms with van der Waals surface area (Å²) in [4.78, 5) is 45.4. The van der Waals surface area contributed by atoms with Crippen molar-refractivity contribution in [2.45, 2.75) is 45.8 Å². The van der Waals surface area contributed by atoms with E-state index in [1.807, 2.05) is 20.8 Å². The van der Waals surface area contributed by atoms with E-state index in [9.17, 15) is 14.4 Å². The van der Waals surface area contributed by atoms with Crippen LogP contribution >= 0.6 is 0 Å². The van der Waals surface area contributed by atoms with Gasteiger partial charge in [0.2, 0.25) is 11.5 Å². The number of likely N-dealkylation sites (N-methyl/N-ethyl adjacent to an activating group) is 1. The molecule has 0 fully saturated rings.